The molecule has 0 spiro atoms. The van der Waals surface area contributed by atoms with E-state index < -0.39 is 0 Å². The maximum atomic E-state index is 5.93. The largest absolute Gasteiger partial charge is 0.329 e. The normalized spacial score (nSPS) is 12.4. The van der Waals surface area contributed by atoms with Crippen molar-refractivity contribution in [2.24, 2.45) is 5.73 Å². The maximum Gasteiger partial charge on any atom is 0.0466 e. The van der Waals surface area contributed by atoms with Crippen LogP contribution in [0.25, 0.3) is 0 Å². The van der Waals surface area contributed by atoms with Gasteiger partial charge in [0.2, 0.25) is 0 Å². The van der Waals surface area contributed by atoms with Gasteiger partial charge in [-0.3, -0.25) is 0 Å². The van der Waals surface area contributed by atoms with Gasteiger partial charge in [0, 0.05) is 21.7 Å². The van der Waals surface area contributed by atoms with Crippen molar-refractivity contribution in [2.75, 3.05) is 6.54 Å². The van der Waals surface area contributed by atoms with Crippen molar-refractivity contribution in [2.45, 2.75) is 24.0 Å². The smallest absolute Gasteiger partial charge is 0.0466 e. The van der Waals surface area contributed by atoms with Crippen molar-refractivity contribution in [1.29, 1.82) is 0 Å². The van der Waals surface area contributed by atoms with Gasteiger partial charge in [-0.1, -0.05) is 41.4 Å². The van der Waals surface area contributed by atoms with Crippen molar-refractivity contribution >= 4 is 23.4 Å². The van der Waals surface area contributed by atoms with E-state index in [2.05, 4.69) is 44.2 Å². The quantitative estimate of drug-likeness (QED) is 0.823. The lowest BCUT2D eigenvalue weighted by molar-refractivity contribution is 0.940. The molecule has 1 nitrogen and oxygen atoms in total. The fraction of sp³-hybridized carbons (Fsp3) is 0.250. The highest BCUT2D eigenvalue weighted by Crippen LogP contribution is 2.36. The van der Waals surface area contributed by atoms with E-state index in [1.165, 1.54) is 21.6 Å². The lowest BCUT2D eigenvalue weighted by Crippen LogP contribution is -2.09. The molecule has 1 atom stereocenters. The Kier molecular flexibility index (Phi) is 4.92. The lowest BCUT2D eigenvalue weighted by atomic mass is 10.1. The Morgan fingerprint density at radius 2 is 1.79 bits per heavy atom. The first kappa shape index (κ1) is 14.4. The summed E-state index contributed by atoms with van der Waals surface area (Å²) in [5, 5.41) is 1.02. The molecule has 2 N–H and O–H groups in total. The zero-order valence-electron chi connectivity index (χ0n) is 11.2. The summed E-state index contributed by atoms with van der Waals surface area (Å²) >= 11 is 7.75. The minimum atomic E-state index is 0.262. The number of hydrogen-bond donors (Lipinski definition) is 1. The van der Waals surface area contributed by atoms with E-state index in [9.17, 15) is 0 Å². The summed E-state index contributed by atoms with van der Waals surface area (Å²) in [6.07, 6.45) is 0. The molecule has 0 amide bonds. The second kappa shape index (κ2) is 6.47. The van der Waals surface area contributed by atoms with Crippen LogP contribution in [0.3, 0.4) is 0 Å². The molecule has 3 heteroatoms. The molecule has 2 rings (SSSR count). The van der Waals surface area contributed by atoms with E-state index in [0.717, 1.165) is 5.02 Å². The molecule has 0 bridgehead atoms. The van der Waals surface area contributed by atoms with Crippen molar-refractivity contribution in [3.8, 4) is 0 Å². The van der Waals surface area contributed by atoms with E-state index in [1.54, 1.807) is 0 Å². The number of halogens is 1. The average Bonchev–Trinajstić information content (AvgIpc) is 2.41. The van der Waals surface area contributed by atoms with Gasteiger partial charge in [-0.15, -0.1) is 11.8 Å². The topological polar surface area (TPSA) is 26.0 Å². The van der Waals surface area contributed by atoms with Crippen LogP contribution in [0.1, 0.15) is 21.9 Å². The molecule has 2 aromatic carbocycles. The highest BCUT2D eigenvalue weighted by Gasteiger charge is 2.12. The van der Waals surface area contributed by atoms with E-state index >= 15 is 0 Å². The zero-order valence-corrected chi connectivity index (χ0v) is 12.8. The first-order chi connectivity index (χ1) is 9.10. The van der Waals surface area contributed by atoms with Crippen LogP contribution in [0.4, 0.5) is 0 Å². The monoisotopic (exact) mass is 291 g/mol. The lowest BCUT2D eigenvalue weighted by Gasteiger charge is -2.17. The molecule has 0 fully saturated rings. The van der Waals surface area contributed by atoms with Crippen molar-refractivity contribution in [3.05, 3.63) is 64.2 Å². The van der Waals surface area contributed by atoms with E-state index in [-0.39, 0.29) is 5.25 Å². The summed E-state index contributed by atoms with van der Waals surface area (Å²) in [4.78, 5) is 1.30. The first-order valence-corrected chi connectivity index (χ1v) is 7.55. The molecule has 100 valence electrons. The molecule has 0 saturated heterocycles. The summed E-state index contributed by atoms with van der Waals surface area (Å²) < 4.78 is 0. The number of thioether (sulfide) groups is 1. The van der Waals surface area contributed by atoms with Gasteiger partial charge in [-0.05, 0) is 43.2 Å². The molecule has 0 aliphatic rings. The minimum absolute atomic E-state index is 0.262. The summed E-state index contributed by atoms with van der Waals surface area (Å²) in [7, 11) is 0. The van der Waals surface area contributed by atoms with Gasteiger partial charge in [-0.2, -0.15) is 0 Å². The molecule has 0 saturated carbocycles. The van der Waals surface area contributed by atoms with Gasteiger partial charge in [0.05, 0.1) is 0 Å². The fourth-order valence-electron chi connectivity index (χ4n) is 1.92. The standard InChI is InChI=1S/C16H18ClNS/c1-11-3-4-12(2)15(9-11)19-16(10-18)13-5-7-14(17)8-6-13/h3-9,16H,10,18H2,1-2H3. The summed E-state index contributed by atoms with van der Waals surface area (Å²) in [6, 6.07) is 14.5. The van der Waals surface area contributed by atoms with Crippen LogP contribution in [0.5, 0.6) is 0 Å². The van der Waals surface area contributed by atoms with E-state index in [0.29, 0.717) is 6.54 Å². The number of aryl methyl sites for hydroxylation is 2. The first-order valence-electron chi connectivity index (χ1n) is 6.29. The van der Waals surface area contributed by atoms with Gasteiger partial charge in [0.1, 0.15) is 0 Å². The van der Waals surface area contributed by atoms with Crippen LogP contribution in [0.15, 0.2) is 47.4 Å². The van der Waals surface area contributed by atoms with Crippen molar-refractivity contribution in [3.63, 3.8) is 0 Å². The summed E-state index contributed by atoms with van der Waals surface area (Å²) in [5.74, 6) is 0. The Bertz CT molecular complexity index is 551. The highest BCUT2D eigenvalue weighted by atomic mass is 35.5. The number of rotatable bonds is 4. The van der Waals surface area contributed by atoms with E-state index in [1.807, 2.05) is 23.9 Å². The molecule has 0 aliphatic carbocycles. The molecular weight excluding hydrogens is 274 g/mol. The SMILES string of the molecule is Cc1ccc(C)c(SC(CN)c2ccc(Cl)cc2)c1. The predicted octanol–water partition coefficient (Wildman–Crippen LogP) is 4.75. The van der Waals surface area contributed by atoms with Crippen molar-refractivity contribution in [1.82, 2.24) is 0 Å². The van der Waals surface area contributed by atoms with Crippen LogP contribution < -0.4 is 5.73 Å². The Balaban J connectivity index is 2.23. The van der Waals surface area contributed by atoms with Crippen LogP contribution in [-0.4, -0.2) is 6.54 Å². The fourth-order valence-corrected chi connectivity index (χ4v) is 3.25. The van der Waals surface area contributed by atoms with Crippen LogP contribution in [0.2, 0.25) is 5.02 Å². The Hall–Kier alpha value is -0.960. The van der Waals surface area contributed by atoms with Crippen molar-refractivity contribution < 1.29 is 0 Å². The van der Waals surface area contributed by atoms with Gasteiger partial charge >= 0.3 is 0 Å². The van der Waals surface area contributed by atoms with Crippen LogP contribution >= 0.6 is 23.4 Å². The Morgan fingerprint density at radius 3 is 2.42 bits per heavy atom. The number of nitrogens with two attached hydrogens (primary N) is 1. The summed E-state index contributed by atoms with van der Waals surface area (Å²) in [6.45, 7) is 4.86. The molecule has 19 heavy (non-hydrogen) atoms. The third-order valence-corrected chi connectivity index (χ3v) is 4.76. The summed E-state index contributed by atoms with van der Waals surface area (Å²) in [5.41, 5.74) is 9.72. The van der Waals surface area contributed by atoms with E-state index in [4.69, 9.17) is 17.3 Å². The van der Waals surface area contributed by atoms with Gasteiger partial charge in [-0.25, -0.2) is 0 Å². The Labute approximate surface area is 124 Å². The van der Waals surface area contributed by atoms with Gasteiger partial charge < -0.3 is 5.73 Å². The highest BCUT2D eigenvalue weighted by molar-refractivity contribution is 7.99. The molecule has 0 heterocycles. The molecule has 2 aromatic rings. The van der Waals surface area contributed by atoms with Gasteiger partial charge in [0.15, 0.2) is 0 Å². The number of hydrogen-bond acceptors (Lipinski definition) is 2. The van der Waals surface area contributed by atoms with Crippen LogP contribution in [-0.2, 0) is 0 Å². The maximum absolute atomic E-state index is 5.93. The molecule has 1 unspecified atom stereocenters. The zero-order chi connectivity index (χ0) is 13.8. The minimum Gasteiger partial charge on any atom is -0.329 e. The van der Waals surface area contributed by atoms with Gasteiger partial charge in [0.25, 0.3) is 0 Å². The molecular formula is C16H18ClNS. The average molecular weight is 292 g/mol. The van der Waals surface area contributed by atoms with Crippen LogP contribution in [0, 0.1) is 13.8 Å². The molecule has 0 aliphatic heterocycles. The predicted molar refractivity (Wildman–Crippen MR) is 85.0 cm³/mol. The molecule has 0 aromatic heterocycles. The second-order valence-corrected chi connectivity index (χ2v) is 6.34. The third kappa shape index (κ3) is 3.75. The number of benzene rings is 2. The Morgan fingerprint density at radius 1 is 1.11 bits per heavy atom. The second-order valence-electron chi connectivity index (χ2n) is 4.66. The molecule has 0 radical (unpaired) electrons. The third-order valence-electron chi connectivity index (χ3n) is 3.07.